The summed E-state index contributed by atoms with van der Waals surface area (Å²) in [5.74, 6) is 2.10. The normalized spacial score (nSPS) is 13.9. The Bertz CT molecular complexity index is 1070. The largest absolute Gasteiger partial charge is 0.497 e. The number of hydrogen-bond donors (Lipinski definition) is 0. The Kier molecular flexibility index (Phi) is 5.17. The molecule has 3 aromatic rings. The first-order valence-electron chi connectivity index (χ1n) is 8.72. The van der Waals surface area contributed by atoms with Gasteiger partial charge in [0.15, 0.2) is 5.76 Å². The van der Waals surface area contributed by atoms with Crippen LogP contribution in [0, 0.1) is 0 Å². The van der Waals surface area contributed by atoms with Gasteiger partial charge in [-0.05, 0) is 53.6 Å². The van der Waals surface area contributed by atoms with Gasteiger partial charge >= 0.3 is 0 Å². The van der Waals surface area contributed by atoms with Gasteiger partial charge in [0.05, 0.1) is 12.7 Å². The molecule has 0 bridgehead atoms. The number of carbonyl (C=O) groups is 1. The van der Waals surface area contributed by atoms with Gasteiger partial charge in [-0.1, -0.05) is 40.2 Å². The van der Waals surface area contributed by atoms with Crippen molar-refractivity contribution in [2.24, 2.45) is 0 Å². The van der Waals surface area contributed by atoms with E-state index < -0.39 is 0 Å². The maximum atomic E-state index is 12.6. The van der Waals surface area contributed by atoms with Crippen molar-refractivity contribution in [2.45, 2.75) is 6.61 Å². The van der Waals surface area contributed by atoms with E-state index in [1.807, 2.05) is 48.5 Å². The Balaban J connectivity index is 1.50. The predicted octanol–water partition coefficient (Wildman–Crippen LogP) is 5.65. The molecule has 0 atom stereocenters. The summed E-state index contributed by atoms with van der Waals surface area (Å²) in [5, 5.41) is 0. The van der Waals surface area contributed by atoms with Gasteiger partial charge in [-0.25, -0.2) is 0 Å². The molecule has 140 valence electrons. The molecule has 0 fully saturated rings. The molecule has 0 saturated carbocycles. The highest BCUT2D eigenvalue weighted by Gasteiger charge is 2.27. The number of Topliss-reactive ketones (excluding diaryl/α,β-unsaturated/α-hetero) is 1. The molecule has 5 heteroatoms. The van der Waals surface area contributed by atoms with E-state index in [0.29, 0.717) is 29.4 Å². The lowest BCUT2D eigenvalue weighted by atomic mass is 10.1. The molecule has 0 aliphatic carbocycles. The maximum Gasteiger partial charge on any atom is 0.231 e. The lowest BCUT2D eigenvalue weighted by molar-refractivity contribution is 0.101. The summed E-state index contributed by atoms with van der Waals surface area (Å²) in [6, 6.07) is 20.6. The summed E-state index contributed by atoms with van der Waals surface area (Å²) in [4.78, 5) is 12.6. The van der Waals surface area contributed by atoms with Gasteiger partial charge in [-0.3, -0.25) is 4.79 Å². The number of methoxy groups -OCH3 is 1. The molecule has 4 rings (SSSR count). The number of benzene rings is 3. The molecule has 1 heterocycles. The van der Waals surface area contributed by atoms with Gasteiger partial charge in [-0.15, -0.1) is 0 Å². The van der Waals surface area contributed by atoms with Gasteiger partial charge in [-0.2, -0.15) is 0 Å². The van der Waals surface area contributed by atoms with Crippen LogP contribution < -0.4 is 14.2 Å². The van der Waals surface area contributed by atoms with Crippen LogP contribution in [0.2, 0.25) is 0 Å². The first-order valence-corrected chi connectivity index (χ1v) is 9.51. The van der Waals surface area contributed by atoms with Crippen molar-refractivity contribution in [3.8, 4) is 17.2 Å². The highest BCUT2D eigenvalue weighted by atomic mass is 79.9. The third-order valence-electron chi connectivity index (χ3n) is 4.33. The van der Waals surface area contributed by atoms with Crippen molar-refractivity contribution in [1.29, 1.82) is 0 Å². The number of rotatable bonds is 5. The lowest BCUT2D eigenvalue weighted by Crippen LogP contribution is -1.98. The SMILES string of the molecule is COc1cccc(COc2ccc3c(c2)OC(=Cc2cccc(Br)c2)C3=O)c1. The van der Waals surface area contributed by atoms with Crippen molar-refractivity contribution in [1.82, 2.24) is 0 Å². The van der Waals surface area contributed by atoms with Crippen LogP contribution in [0.3, 0.4) is 0 Å². The maximum absolute atomic E-state index is 12.6. The second-order valence-corrected chi connectivity index (χ2v) is 7.21. The standard InChI is InChI=1S/C23H17BrO4/c1-26-18-7-3-5-16(11-18)14-27-19-8-9-20-21(13-19)28-22(23(20)25)12-15-4-2-6-17(24)10-15/h2-13H,14H2,1H3. The van der Waals surface area contributed by atoms with E-state index in [1.165, 1.54) is 0 Å². The number of halogens is 1. The van der Waals surface area contributed by atoms with Crippen LogP contribution in [0.15, 0.2) is 77.0 Å². The fraction of sp³-hybridized carbons (Fsp3) is 0.0870. The highest BCUT2D eigenvalue weighted by molar-refractivity contribution is 9.10. The molecule has 0 radical (unpaired) electrons. The first-order chi connectivity index (χ1) is 13.6. The molecule has 1 aliphatic heterocycles. The van der Waals surface area contributed by atoms with Crippen molar-refractivity contribution in [2.75, 3.05) is 7.11 Å². The number of ether oxygens (including phenoxy) is 3. The zero-order valence-corrected chi connectivity index (χ0v) is 16.7. The van der Waals surface area contributed by atoms with E-state index in [2.05, 4.69) is 15.9 Å². The van der Waals surface area contributed by atoms with Crippen LogP contribution in [-0.2, 0) is 6.61 Å². The van der Waals surface area contributed by atoms with Crippen molar-refractivity contribution >= 4 is 27.8 Å². The molecule has 0 N–H and O–H groups in total. The molecule has 0 spiro atoms. The molecule has 0 aromatic heterocycles. The van der Waals surface area contributed by atoms with Gasteiger partial charge in [0.2, 0.25) is 5.78 Å². The number of ketones is 1. The molecule has 28 heavy (non-hydrogen) atoms. The van der Waals surface area contributed by atoms with E-state index in [9.17, 15) is 4.79 Å². The Labute approximate surface area is 171 Å². The first kappa shape index (κ1) is 18.3. The van der Waals surface area contributed by atoms with Gasteiger partial charge in [0.1, 0.15) is 23.9 Å². The summed E-state index contributed by atoms with van der Waals surface area (Å²) in [6.45, 7) is 0.394. The van der Waals surface area contributed by atoms with Crippen LogP contribution in [-0.4, -0.2) is 12.9 Å². The predicted molar refractivity (Wildman–Crippen MR) is 111 cm³/mol. The smallest absolute Gasteiger partial charge is 0.231 e. The fourth-order valence-electron chi connectivity index (χ4n) is 2.93. The molecular weight excluding hydrogens is 420 g/mol. The van der Waals surface area contributed by atoms with Crippen LogP contribution in [0.1, 0.15) is 21.5 Å². The van der Waals surface area contributed by atoms with Gasteiger partial charge in [0, 0.05) is 10.5 Å². The van der Waals surface area contributed by atoms with Crippen LogP contribution in [0.25, 0.3) is 6.08 Å². The highest BCUT2D eigenvalue weighted by Crippen LogP contribution is 2.35. The number of allylic oxidation sites excluding steroid dienone is 1. The fourth-order valence-corrected chi connectivity index (χ4v) is 3.35. The number of fused-ring (bicyclic) bond motifs is 1. The number of hydrogen-bond acceptors (Lipinski definition) is 4. The van der Waals surface area contributed by atoms with Gasteiger partial charge < -0.3 is 14.2 Å². The summed E-state index contributed by atoms with van der Waals surface area (Å²) >= 11 is 3.43. The van der Waals surface area contributed by atoms with E-state index in [4.69, 9.17) is 14.2 Å². The van der Waals surface area contributed by atoms with Crippen molar-refractivity contribution < 1.29 is 19.0 Å². The van der Waals surface area contributed by atoms with E-state index >= 15 is 0 Å². The molecule has 0 saturated heterocycles. The Morgan fingerprint density at radius 1 is 1.00 bits per heavy atom. The summed E-state index contributed by atoms with van der Waals surface area (Å²) < 4.78 is 17.8. The zero-order valence-electron chi connectivity index (χ0n) is 15.1. The molecule has 0 amide bonds. The Morgan fingerprint density at radius 3 is 2.68 bits per heavy atom. The monoisotopic (exact) mass is 436 g/mol. The van der Waals surface area contributed by atoms with E-state index in [-0.39, 0.29) is 5.78 Å². The Morgan fingerprint density at radius 2 is 1.86 bits per heavy atom. The summed E-state index contributed by atoms with van der Waals surface area (Å²) in [5.41, 5.74) is 2.42. The molecular formula is C23H17BrO4. The summed E-state index contributed by atoms with van der Waals surface area (Å²) in [6.07, 6.45) is 1.74. The van der Waals surface area contributed by atoms with Crippen LogP contribution in [0.4, 0.5) is 0 Å². The molecule has 0 unspecified atom stereocenters. The topological polar surface area (TPSA) is 44.8 Å². The van der Waals surface area contributed by atoms with Crippen molar-refractivity contribution in [3.05, 3.63) is 93.7 Å². The second kappa shape index (κ2) is 7.90. The lowest BCUT2D eigenvalue weighted by Gasteiger charge is -2.08. The van der Waals surface area contributed by atoms with Crippen molar-refractivity contribution in [3.63, 3.8) is 0 Å². The van der Waals surface area contributed by atoms with Crippen LogP contribution in [0.5, 0.6) is 17.2 Å². The molecule has 1 aliphatic rings. The summed E-state index contributed by atoms with van der Waals surface area (Å²) in [7, 11) is 1.63. The minimum atomic E-state index is -0.130. The number of carbonyl (C=O) groups excluding carboxylic acids is 1. The minimum Gasteiger partial charge on any atom is -0.497 e. The minimum absolute atomic E-state index is 0.130. The average molecular weight is 437 g/mol. The quantitative estimate of drug-likeness (QED) is 0.484. The third kappa shape index (κ3) is 3.94. The average Bonchev–Trinajstić information content (AvgIpc) is 3.01. The Hall–Kier alpha value is -3.05. The third-order valence-corrected chi connectivity index (χ3v) is 4.82. The van der Waals surface area contributed by atoms with E-state index in [0.717, 1.165) is 21.3 Å². The molecule has 3 aromatic carbocycles. The zero-order chi connectivity index (χ0) is 19.5. The van der Waals surface area contributed by atoms with E-state index in [1.54, 1.807) is 31.4 Å². The second-order valence-electron chi connectivity index (χ2n) is 6.29. The van der Waals surface area contributed by atoms with Crippen LogP contribution >= 0.6 is 15.9 Å². The van der Waals surface area contributed by atoms with Gasteiger partial charge in [0.25, 0.3) is 0 Å². The molecule has 4 nitrogen and oxygen atoms in total.